The minimum atomic E-state index is -3.63. The summed E-state index contributed by atoms with van der Waals surface area (Å²) in [4.78, 5) is 25.2. The first kappa shape index (κ1) is 21.8. The Morgan fingerprint density at radius 2 is 1.87 bits per heavy atom. The van der Waals surface area contributed by atoms with Crippen molar-refractivity contribution >= 4 is 33.6 Å². The van der Waals surface area contributed by atoms with E-state index in [9.17, 15) is 18.0 Å². The highest BCUT2D eigenvalue weighted by Gasteiger charge is 2.23. The molecule has 0 aliphatic carbocycles. The van der Waals surface area contributed by atoms with E-state index in [4.69, 9.17) is 4.42 Å². The van der Waals surface area contributed by atoms with Gasteiger partial charge in [-0.15, -0.1) is 0 Å². The van der Waals surface area contributed by atoms with Crippen LogP contribution in [0.3, 0.4) is 0 Å². The molecular weight excluding hydrogens is 406 g/mol. The molecule has 9 heteroatoms. The van der Waals surface area contributed by atoms with Crippen LogP contribution in [0.1, 0.15) is 25.5 Å². The summed E-state index contributed by atoms with van der Waals surface area (Å²) in [6, 6.07) is 9.55. The summed E-state index contributed by atoms with van der Waals surface area (Å²) in [6.45, 7) is 2.87. The van der Waals surface area contributed by atoms with E-state index < -0.39 is 10.0 Å². The van der Waals surface area contributed by atoms with Gasteiger partial charge >= 0.3 is 0 Å². The Labute approximate surface area is 176 Å². The third kappa shape index (κ3) is 6.04. The first-order valence-corrected chi connectivity index (χ1v) is 11.2. The van der Waals surface area contributed by atoms with Gasteiger partial charge in [0, 0.05) is 38.3 Å². The number of nitrogens with one attached hydrogen (secondary N) is 2. The summed E-state index contributed by atoms with van der Waals surface area (Å²) in [7, 11) is -3.63. The molecule has 1 aromatic carbocycles. The van der Waals surface area contributed by atoms with Crippen LogP contribution < -0.4 is 10.0 Å². The molecule has 0 unspecified atom stereocenters. The zero-order chi connectivity index (χ0) is 21.6. The second kappa shape index (κ2) is 9.73. The van der Waals surface area contributed by atoms with Crippen molar-refractivity contribution < 1.29 is 22.4 Å². The lowest BCUT2D eigenvalue weighted by molar-refractivity contribution is -0.127. The number of carbonyl (C=O) groups excluding carboxylic acids is 2. The van der Waals surface area contributed by atoms with E-state index in [1.807, 2.05) is 0 Å². The minimum Gasteiger partial charge on any atom is -0.465 e. The minimum absolute atomic E-state index is 0.0790. The molecule has 2 heterocycles. The van der Waals surface area contributed by atoms with Gasteiger partial charge in [0.05, 0.1) is 11.2 Å². The Bertz CT molecular complexity index is 990. The zero-order valence-corrected chi connectivity index (χ0v) is 17.5. The molecule has 0 radical (unpaired) electrons. The molecule has 0 bridgehead atoms. The highest BCUT2D eigenvalue weighted by Crippen LogP contribution is 2.19. The van der Waals surface area contributed by atoms with Gasteiger partial charge in [0.25, 0.3) is 0 Å². The Morgan fingerprint density at radius 1 is 1.17 bits per heavy atom. The Kier molecular flexibility index (Phi) is 7.07. The molecule has 30 heavy (non-hydrogen) atoms. The van der Waals surface area contributed by atoms with Crippen LogP contribution in [-0.4, -0.2) is 44.8 Å². The fraction of sp³-hybridized carbons (Fsp3) is 0.333. The Hall–Kier alpha value is -2.91. The molecule has 1 fully saturated rings. The van der Waals surface area contributed by atoms with Crippen molar-refractivity contribution in [2.24, 2.45) is 5.92 Å². The first-order chi connectivity index (χ1) is 14.3. The van der Waals surface area contributed by atoms with Crippen molar-refractivity contribution in [1.82, 2.24) is 9.62 Å². The van der Waals surface area contributed by atoms with Crippen molar-refractivity contribution in [3.05, 3.63) is 54.5 Å². The largest absolute Gasteiger partial charge is 0.465 e. The first-order valence-electron chi connectivity index (χ1n) is 9.71. The quantitative estimate of drug-likeness (QED) is 0.655. The lowest BCUT2D eigenvalue weighted by atomic mass is 9.97. The van der Waals surface area contributed by atoms with Crippen molar-refractivity contribution in [2.75, 3.05) is 25.0 Å². The normalized spacial score (nSPS) is 15.4. The maximum absolute atomic E-state index is 12.5. The van der Waals surface area contributed by atoms with Gasteiger partial charge in [-0.3, -0.25) is 9.59 Å². The fourth-order valence-electron chi connectivity index (χ4n) is 3.23. The summed E-state index contributed by atoms with van der Waals surface area (Å²) in [5, 5.41) is 2.60. The molecule has 1 aliphatic rings. The number of piperidine rings is 1. The number of sulfonamides is 1. The SMILES string of the molecule is CC(=O)Nc1ccc(S(=O)(=O)NCC2CCN(C(=O)/C=C/c3ccco3)CC2)cc1. The molecule has 2 aromatic rings. The molecule has 2 N–H and O–H groups in total. The maximum atomic E-state index is 12.5. The number of hydrogen-bond donors (Lipinski definition) is 2. The van der Waals surface area contributed by atoms with Crippen molar-refractivity contribution in [3.8, 4) is 0 Å². The van der Waals surface area contributed by atoms with Gasteiger partial charge in [0.15, 0.2) is 0 Å². The summed E-state index contributed by atoms with van der Waals surface area (Å²) >= 11 is 0. The predicted molar refractivity (Wildman–Crippen MR) is 113 cm³/mol. The van der Waals surface area contributed by atoms with Gasteiger partial charge < -0.3 is 14.6 Å². The number of benzene rings is 1. The van der Waals surface area contributed by atoms with Crippen LogP contribution >= 0.6 is 0 Å². The van der Waals surface area contributed by atoms with Crippen molar-refractivity contribution in [1.29, 1.82) is 0 Å². The Balaban J connectivity index is 1.46. The Morgan fingerprint density at radius 3 is 2.47 bits per heavy atom. The number of hydrogen-bond acceptors (Lipinski definition) is 5. The van der Waals surface area contributed by atoms with E-state index in [0.29, 0.717) is 31.1 Å². The summed E-state index contributed by atoms with van der Waals surface area (Å²) < 4.78 is 32.8. The van der Waals surface area contributed by atoms with Crippen LogP contribution in [0.2, 0.25) is 0 Å². The van der Waals surface area contributed by atoms with Gasteiger partial charge in [-0.05, 0) is 61.2 Å². The molecule has 160 valence electrons. The number of anilines is 1. The van der Waals surface area contributed by atoms with Gasteiger partial charge in [0.1, 0.15) is 5.76 Å². The number of furan rings is 1. The van der Waals surface area contributed by atoms with E-state index in [1.54, 1.807) is 41.5 Å². The van der Waals surface area contributed by atoms with E-state index in [0.717, 1.165) is 12.8 Å². The lowest BCUT2D eigenvalue weighted by Crippen LogP contribution is -2.40. The van der Waals surface area contributed by atoms with Crippen LogP contribution in [-0.2, 0) is 19.6 Å². The second-order valence-corrected chi connectivity index (χ2v) is 8.94. The summed E-state index contributed by atoms with van der Waals surface area (Å²) in [5.41, 5.74) is 0.541. The number of amides is 2. The molecule has 0 spiro atoms. The smallest absolute Gasteiger partial charge is 0.246 e. The molecule has 3 rings (SSSR count). The molecule has 0 saturated carbocycles. The lowest BCUT2D eigenvalue weighted by Gasteiger charge is -2.31. The number of nitrogens with zero attached hydrogens (tertiary/aromatic N) is 1. The van der Waals surface area contributed by atoms with E-state index in [-0.39, 0.29) is 22.6 Å². The van der Waals surface area contributed by atoms with Crippen LogP contribution in [0.4, 0.5) is 5.69 Å². The highest BCUT2D eigenvalue weighted by molar-refractivity contribution is 7.89. The third-order valence-electron chi connectivity index (χ3n) is 4.91. The summed E-state index contributed by atoms with van der Waals surface area (Å²) in [6.07, 6.45) is 6.13. The molecule has 2 amide bonds. The summed E-state index contributed by atoms with van der Waals surface area (Å²) in [5.74, 6) is 0.490. The predicted octanol–water partition coefficient (Wildman–Crippen LogP) is 2.47. The second-order valence-electron chi connectivity index (χ2n) is 7.17. The van der Waals surface area contributed by atoms with Gasteiger partial charge in [-0.2, -0.15) is 0 Å². The van der Waals surface area contributed by atoms with E-state index >= 15 is 0 Å². The van der Waals surface area contributed by atoms with Gasteiger partial charge in [0.2, 0.25) is 21.8 Å². The zero-order valence-electron chi connectivity index (χ0n) is 16.7. The molecule has 1 aromatic heterocycles. The van der Waals surface area contributed by atoms with Crippen molar-refractivity contribution in [2.45, 2.75) is 24.7 Å². The molecule has 0 atom stereocenters. The van der Waals surface area contributed by atoms with Crippen LogP contribution in [0, 0.1) is 5.92 Å². The van der Waals surface area contributed by atoms with Crippen LogP contribution in [0.25, 0.3) is 6.08 Å². The number of rotatable bonds is 7. The molecule has 8 nitrogen and oxygen atoms in total. The van der Waals surface area contributed by atoms with E-state index in [2.05, 4.69) is 10.0 Å². The molecule has 1 saturated heterocycles. The molecular formula is C21H25N3O5S. The van der Waals surface area contributed by atoms with Gasteiger partial charge in [-0.1, -0.05) is 0 Å². The van der Waals surface area contributed by atoms with Crippen LogP contribution in [0.5, 0.6) is 0 Å². The van der Waals surface area contributed by atoms with Gasteiger partial charge in [-0.25, -0.2) is 13.1 Å². The average molecular weight is 432 g/mol. The van der Waals surface area contributed by atoms with Crippen molar-refractivity contribution in [3.63, 3.8) is 0 Å². The average Bonchev–Trinajstić information content (AvgIpc) is 3.25. The molecule has 1 aliphatic heterocycles. The topological polar surface area (TPSA) is 109 Å². The maximum Gasteiger partial charge on any atom is 0.246 e. The van der Waals surface area contributed by atoms with Crippen LogP contribution in [0.15, 0.2) is 58.1 Å². The number of carbonyl (C=O) groups is 2. The number of likely N-dealkylation sites (tertiary alicyclic amines) is 1. The standard InChI is InChI=1S/C21H25N3O5S/c1-16(25)23-18-4-7-20(8-5-18)30(27,28)22-15-17-10-12-24(13-11-17)21(26)9-6-19-3-2-14-29-19/h2-9,14,17,22H,10-13,15H2,1H3,(H,23,25)/b9-6+. The fourth-order valence-corrected chi connectivity index (χ4v) is 4.35. The highest BCUT2D eigenvalue weighted by atomic mass is 32.2. The monoisotopic (exact) mass is 431 g/mol. The third-order valence-corrected chi connectivity index (χ3v) is 6.35. The van der Waals surface area contributed by atoms with E-state index in [1.165, 1.54) is 25.1 Å².